The minimum atomic E-state index is -0.276. The van der Waals surface area contributed by atoms with Crippen molar-refractivity contribution >= 4 is 29.2 Å². The molecule has 0 aromatic heterocycles. The number of anilines is 2. The molecule has 3 rings (SSSR count). The van der Waals surface area contributed by atoms with Crippen molar-refractivity contribution in [3.63, 3.8) is 0 Å². The normalized spacial score (nSPS) is 14.6. The summed E-state index contributed by atoms with van der Waals surface area (Å²) < 4.78 is 0. The Morgan fingerprint density at radius 2 is 1.53 bits per heavy atom. The third-order valence-electron chi connectivity index (χ3n) is 5.17. The second kappa shape index (κ2) is 11.3. The van der Waals surface area contributed by atoms with Gasteiger partial charge in [0, 0.05) is 42.1 Å². The smallest absolute Gasteiger partial charge is 0.319 e. The lowest BCUT2D eigenvalue weighted by molar-refractivity contribution is -0.117. The number of hydrogen-bond acceptors (Lipinski definition) is 4. The summed E-state index contributed by atoms with van der Waals surface area (Å²) >= 11 is 0. The third kappa shape index (κ3) is 7.39. The van der Waals surface area contributed by atoms with Crippen LogP contribution in [0.15, 0.2) is 54.6 Å². The Kier molecular flexibility index (Phi) is 8.21. The van der Waals surface area contributed by atoms with Crippen LogP contribution in [0.2, 0.25) is 0 Å². The van der Waals surface area contributed by atoms with E-state index in [0.717, 1.165) is 31.6 Å². The van der Waals surface area contributed by atoms with Gasteiger partial charge in [0.25, 0.3) is 5.91 Å². The van der Waals surface area contributed by atoms with Gasteiger partial charge in [-0.2, -0.15) is 0 Å². The molecule has 2 aromatic rings. The van der Waals surface area contributed by atoms with Crippen LogP contribution in [0.1, 0.15) is 37.0 Å². The summed E-state index contributed by atoms with van der Waals surface area (Å²) in [6, 6.07) is 16.1. The largest absolute Gasteiger partial charge is 0.349 e. The molecule has 0 spiro atoms. The summed E-state index contributed by atoms with van der Waals surface area (Å²) in [7, 11) is 0. The molecule has 0 saturated carbocycles. The number of benzene rings is 2. The fraction of sp³-hybridized carbons (Fsp3) is 0.375. The van der Waals surface area contributed by atoms with Crippen LogP contribution in [0, 0.1) is 0 Å². The Balaban J connectivity index is 1.40. The van der Waals surface area contributed by atoms with Crippen LogP contribution < -0.4 is 21.3 Å². The first-order valence-corrected chi connectivity index (χ1v) is 10.9. The summed E-state index contributed by atoms with van der Waals surface area (Å²) in [5, 5.41) is 11.5. The molecular formula is C24H31N5O3. The van der Waals surface area contributed by atoms with Crippen molar-refractivity contribution in [3.05, 3.63) is 60.2 Å². The van der Waals surface area contributed by atoms with Crippen LogP contribution in [0.5, 0.6) is 0 Å². The lowest BCUT2D eigenvalue weighted by Crippen LogP contribution is -2.46. The topological polar surface area (TPSA) is 103 Å². The van der Waals surface area contributed by atoms with Gasteiger partial charge in [-0.3, -0.25) is 14.5 Å². The SMILES string of the molecule is CC(C)NC(=O)Nc1ccc(C(=O)NC2CCN(CC(=O)Nc3ccccc3)CC2)cc1. The van der Waals surface area contributed by atoms with Gasteiger partial charge >= 0.3 is 6.03 Å². The van der Waals surface area contributed by atoms with Crippen LogP contribution in [0.4, 0.5) is 16.2 Å². The number of para-hydroxylation sites is 1. The monoisotopic (exact) mass is 437 g/mol. The fourth-order valence-electron chi connectivity index (χ4n) is 3.56. The Morgan fingerprint density at radius 1 is 0.906 bits per heavy atom. The maximum absolute atomic E-state index is 12.6. The van der Waals surface area contributed by atoms with E-state index in [1.807, 2.05) is 44.2 Å². The number of nitrogens with one attached hydrogen (secondary N) is 4. The van der Waals surface area contributed by atoms with Crippen molar-refractivity contribution in [2.45, 2.75) is 38.8 Å². The van der Waals surface area contributed by atoms with Gasteiger partial charge in [-0.05, 0) is 63.1 Å². The molecule has 0 atom stereocenters. The van der Waals surface area contributed by atoms with Crippen molar-refractivity contribution in [1.29, 1.82) is 0 Å². The first kappa shape index (κ1) is 23.3. The molecule has 1 saturated heterocycles. The van der Waals surface area contributed by atoms with Crippen LogP contribution in [-0.4, -0.2) is 54.5 Å². The number of rotatable bonds is 7. The average Bonchev–Trinajstić information content (AvgIpc) is 2.75. The molecule has 0 radical (unpaired) electrons. The van der Waals surface area contributed by atoms with Gasteiger partial charge in [-0.25, -0.2) is 4.79 Å². The second-order valence-electron chi connectivity index (χ2n) is 8.27. The van der Waals surface area contributed by atoms with E-state index in [-0.39, 0.29) is 29.9 Å². The van der Waals surface area contributed by atoms with Crippen molar-refractivity contribution in [3.8, 4) is 0 Å². The third-order valence-corrected chi connectivity index (χ3v) is 5.17. The van der Waals surface area contributed by atoms with E-state index in [9.17, 15) is 14.4 Å². The molecule has 8 nitrogen and oxygen atoms in total. The summed E-state index contributed by atoms with van der Waals surface area (Å²) in [6.07, 6.45) is 1.58. The standard InChI is InChI=1S/C24H31N5O3/c1-17(2)25-24(32)28-20-10-8-18(9-11-20)23(31)27-21-12-14-29(15-13-21)16-22(30)26-19-6-4-3-5-7-19/h3-11,17,21H,12-16H2,1-2H3,(H,26,30)(H,27,31)(H2,25,28,32). The molecule has 2 aromatic carbocycles. The molecule has 1 heterocycles. The minimum Gasteiger partial charge on any atom is -0.349 e. The maximum atomic E-state index is 12.6. The van der Waals surface area contributed by atoms with Gasteiger partial charge in [0.1, 0.15) is 0 Å². The first-order chi connectivity index (χ1) is 15.4. The number of nitrogens with zero attached hydrogens (tertiary/aromatic N) is 1. The molecule has 4 amide bonds. The maximum Gasteiger partial charge on any atom is 0.319 e. The van der Waals surface area contributed by atoms with Crippen molar-refractivity contribution in [1.82, 2.24) is 15.5 Å². The predicted molar refractivity (Wildman–Crippen MR) is 126 cm³/mol. The molecule has 4 N–H and O–H groups in total. The fourth-order valence-corrected chi connectivity index (χ4v) is 3.56. The Morgan fingerprint density at radius 3 is 2.16 bits per heavy atom. The average molecular weight is 438 g/mol. The highest BCUT2D eigenvalue weighted by Crippen LogP contribution is 2.14. The first-order valence-electron chi connectivity index (χ1n) is 10.9. The quantitative estimate of drug-likeness (QED) is 0.535. The van der Waals surface area contributed by atoms with E-state index in [2.05, 4.69) is 26.2 Å². The lowest BCUT2D eigenvalue weighted by Gasteiger charge is -2.31. The van der Waals surface area contributed by atoms with Gasteiger partial charge < -0.3 is 21.3 Å². The molecule has 0 bridgehead atoms. The molecule has 8 heteroatoms. The van der Waals surface area contributed by atoms with Crippen molar-refractivity contribution in [2.75, 3.05) is 30.3 Å². The van der Waals surface area contributed by atoms with Crippen molar-refractivity contribution < 1.29 is 14.4 Å². The van der Waals surface area contributed by atoms with E-state index in [0.29, 0.717) is 17.8 Å². The van der Waals surface area contributed by atoms with Gasteiger partial charge in [-0.1, -0.05) is 18.2 Å². The molecule has 1 aliphatic rings. The van der Waals surface area contributed by atoms with Crippen LogP contribution in [0.3, 0.4) is 0 Å². The molecule has 1 fully saturated rings. The van der Waals surface area contributed by atoms with Gasteiger partial charge in [0.15, 0.2) is 0 Å². The summed E-state index contributed by atoms with van der Waals surface area (Å²) in [4.78, 5) is 38.6. The molecule has 0 unspecified atom stereocenters. The molecule has 0 aliphatic carbocycles. The zero-order chi connectivity index (χ0) is 22.9. The van der Waals surface area contributed by atoms with Gasteiger partial charge in [-0.15, -0.1) is 0 Å². The van der Waals surface area contributed by atoms with Gasteiger partial charge in [0.2, 0.25) is 5.91 Å². The van der Waals surface area contributed by atoms with E-state index in [1.54, 1.807) is 24.3 Å². The zero-order valence-electron chi connectivity index (χ0n) is 18.6. The highest BCUT2D eigenvalue weighted by atomic mass is 16.2. The van der Waals surface area contributed by atoms with Crippen LogP contribution >= 0.6 is 0 Å². The molecule has 32 heavy (non-hydrogen) atoms. The highest BCUT2D eigenvalue weighted by Gasteiger charge is 2.22. The highest BCUT2D eigenvalue weighted by molar-refractivity contribution is 5.95. The van der Waals surface area contributed by atoms with E-state index < -0.39 is 0 Å². The Hall–Kier alpha value is -3.39. The van der Waals surface area contributed by atoms with E-state index in [1.165, 1.54) is 0 Å². The number of hydrogen-bond donors (Lipinski definition) is 4. The van der Waals surface area contributed by atoms with E-state index in [4.69, 9.17) is 0 Å². The van der Waals surface area contributed by atoms with Crippen molar-refractivity contribution in [2.24, 2.45) is 0 Å². The number of piperidine rings is 1. The molecular weight excluding hydrogens is 406 g/mol. The summed E-state index contributed by atoms with van der Waals surface area (Å²) in [6.45, 7) is 5.62. The molecule has 1 aliphatic heterocycles. The number of carbonyl (C=O) groups is 3. The Bertz CT molecular complexity index is 907. The Labute approximate surface area is 188 Å². The van der Waals surface area contributed by atoms with Gasteiger partial charge in [0.05, 0.1) is 6.54 Å². The predicted octanol–water partition coefficient (Wildman–Crippen LogP) is 3.05. The molecule has 170 valence electrons. The minimum absolute atomic E-state index is 0.0329. The zero-order valence-corrected chi connectivity index (χ0v) is 18.6. The number of urea groups is 1. The number of likely N-dealkylation sites (tertiary alicyclic amines) is 1. The number of carbonyl (C=O) groups excluding carboxylic acids is 3. The lowest BCUT2D eigenvalue weighted by atomic mass is 10.0. The van der Waals surface area contributed by atoms with Crippen LogP contribution in [-0.2, 0) is 4.79 Å². The summed E-state index contributed by atoms with van der Waals surface area (Å²) in [5.74, 6) is -0.169. The number of amides is 4. The van der Waals surface area contributed by atoms with Crippen LogP contribution in [0.25, 0.3) is 0 Å². The van der Waals surface area contributed by atoms with E-state index >= 15 is 0 Å². The summed E-state index contributed by atoms with van der Waals surface area (Å²) in [5.41, 5.74) is 1.97. The second-order valence-corrected chi connectivity index (χ2v) is 8.27.